The number of amides is 2. The Morgan fingerprint density at radius 1 is 0.761 bits per heavy atom. The van der Waals surface area contributed by atoms with Crippen molar-refractivity contribution in [2.75, 3.05) is 44.9 Å². The average molecular weight is 788 g/mol. The highest BCUT2D eigenvalue weighted by atomic mass is 127. The van der Waals surface area contributed by atoms with Gasteiger partial charge in [0.25, 0.3) is 5.91 Å². The number of nitrogens with one attached hydrogen (secondary N) is 3. The highest BCUT2D eigenvalue weighted by Crippen LogP contribution is 2.25. The molecule has 0 aromatic heterocycles. The molecule has 10 heteroatoms. The lowest BCUT2D eigenvalue weighted by molar-refractivity contribution is -0.133. The first-order chi connectivity index (χ1) is 22.3. The van der Waals surface area contributed by atoms with E-state index in [0.717, 1.165) is 68.7 Å². The molecule has 260 valence electrons. The van der Waals surface area contributed by atoms with Gasteiger partial charge in [-0.15, -0.1) is 0 Å². The van der Waals surface area contributed by atoms with E-state index in [0.29, 0.717) is 13.2 Å². The van der Waals surface area contributed by atoms with E-state index in [2.05, 4.69) is 102 Å². The fourth-order valence-corrected chi connectivity index (χ4v) is 6.62. The zero-order chi connectivity index (χ0) is 34.1. The van der Waals surface area contributed by atoms with Crippen LogP contribution in [0.2, 0.25) is 0 Å². The second-order valence-corrected chi connectivity index (χ2v) is 14.3. The van der Waals surface area contributed by atoms with E-state index < -0.39 is 11.5 Å². The van der Waals surface area contributed by atoms with Gasteiger partial charge < -0.3 is 23.8 Å². The predicted molar refractivity (Wildman–Crippen MR) is 210 cm³/mol. The third-order valence-electron chi connectivity index (χ3n) is 6.32. The van der Waals surface area contributed by atoms with Gasteiger partial charge in [0.15, 0.2) is 6.10 Å². The van der Waals surface area contributed by atoms with Gasteiger partial charge in [-0.25, -0.2) is 0 Å². The Hall–Kier alpha value is -1.73. The van der Waals surface area contributed by atoms with Crippen molar-refractivity contribution in [3.8, 4) is 0 Å². The number of hydrogen-bond acceptors (Lipinski definition) is 7. The van der Waals surface area contributed by atoms with Gasteiger partial charge in [0, 0.05) is 62.2 Å². The van der Waals surface area contributed by atoms with Crippen LogP contribution in [0.3, 0.4) is 0 Å². The summed E-state index contributed by atoms with van der Waals surface area (Å²) >= 11 is 1.73. The van der Waals surface area contributed by atoms with Crippen molar-refractivity contribution in [2.24, 2.45) is 5.41 Å². The van der Waals surface area contributed by atoms with Gasteiger partial charge >= 0.3 is 0 Å². The number of carbonyl (C=O) groups is 2. The topological polar surface area (TPSA) is 88.7 Å². The van der Waals surface area contributed by atoms with Crippen LogP contribution in [0.15, 0.2) is 85.2 Å². The molecule has 0 unspecified atom stereocenters. The monoisotopic (exact) mass is 787 g/mol. The lowest BCUT2D eigenvalue weighted by Gasteiger charge is -2.30. The first-order valence-electron chi connectivity index (χ1n) is 16.1. The molecule has 0 saturated heterocycles. The van der Waals surface area contributed by atoms with Crippen molar-refractivity contribution < 1.29 is 17.4 Å². The van der Waals surface area contributed by atoms with Gasteiger partial charge in [-0.05, 0) is 38.5 Å². The van der Waals surface area contributed by atoms with Gasteiger partial charge in [-0.1, -0.05) is 122 Å². The minimum absolute atomic E-state index is 0.0821. The molecule has 7 nitrogen and oxygen atoms in total. The van der Waals surface area contributed by atoms with Gasteiger partial charge in [-0.2, -0.15) is 0 Å². The molecular formula is C36H58IN3O4S2. The highest BCUT2D eigenvalue weighted by molar-refractivity contribution is 14.1. The molecule has 0 aliphatic rings. The van der Waals surface area contributed by atoms with Crippen molar-refractivity contribution in [3.63, 3.8) is 0 Å². The van der Waals surface area contributed by atoms with E-state index in [4.69, 9.17) is 7.80 Å². The molecular weight excluding hydrogens is 729 g/mol. The Bertz CT molecular complexity index is 994. The van der Waals surface area contributed by atoms with Crippen LogP contribution < -0.4 is 16.0 Å². The van der Waals surface area contributed by atoms with Gasteiger partial charge in [-0.3, -0.25) is 9.59 Å². The molecule has 0 aromatic carbocycles. The van der Waals surface area contributed by atoms with Crippen molar-refractivity contribution in [3.05, 3.63) is 85.2 Å². The molecule has 0 spiro atoms. The van der Waals surface area contributed by atoms with Crippen LogP contribution in [0.1, 0.15) is 72.1 Å². The normalized spacial score (nSPS) is 13.2. The van der Waals surface area contributed by atoms with E-state index in [-0.39, 0.29) is 24.8 Å². The summed E-state index contributed by atoms with van der Waals surface area (Å²) in [5.74, 6) is 1.44. The fraction of sp³-hybridized carbons (Fsp3) is 0.556. The summed E-state index contributed by atoms with van der Waals surface area (Å²) in [5.41, 5.74) is 0.540. The molecule has 0 bridgehead atoms. The van der Waals surface area contributed by atoms with Crippen LogP contribution >= 0.6 is 44.6 Å². The molecule has 0 aromatic rings. The summed E-state index contributed by atoms with van der Waals surface area (Å²) in [4.78, 5) is 24.5. The first kappa shape index (κ1) is 44.3. The maximum atomic E-state index is 12.4. The molecule has 0 fully saturated rings. The van der Waals surface area contributed by atoms with Crippen LogP contribution in [0, 0.1) is 5.41 Å². The molecule has 0 rings (SSSR count). The molecule has 46 heavy (non-hydrogen) atoms. The minimum Gasteiger partial charge on any atom is -0.388 e. The lowest BCUT2D eigenvalue weighted by atomic mass is 9.87. The molecule has 1 atom stereocenters. The standard InChI is InChI=1S/C36H58IN3O4S2/c1-6-7-8-9-10-11-12-13-14-15-16-17-18-19-20-21-22-23-24-32(2)38-27-29-45-46-30-28-39-33(41)25-26-40-35(42)34(44-37)36(3,4)31-43-5/h7-8,10-11,13-14,16-17,19-20,22-23,34,38H,2,6,9,12,15,18,21,24-31H2,1,3-5H3,(H,39,41)(H,40,42)/b8-7-,11-10-,14-13-,17-16-,20-19-,23-22-/t34-/m0/s1. The summed E-state index contributed by atoms with van der Waals surface area (Å²) < 4.78 is 10.5. The van der Waals surface area contributed by atoms with Crippen LogP contribution in [0.25, 0.3) is 0 Å². The zero-order valence-electron chi connectivity index (χ0n) is 28.4. The Labute approximate surface area is 301 Å². The summed E-state index contributed by atoms with van der Waals surface area (Å²) in [6.45, 7) is 12.2. The smallest absolute Gasteiger partial charge is 0.250 e. The Morgan fingerprint density at radius 2 is 1.24 bits per heavy atom. The minimum atomic E-state index is -0.659. The molecule has 3 N–H and O–H groups in total. The molecule has 2 amide bonds. The van der Waals surface area contributed by atoms with E-state index >= 15 is 0 Å². The van der Waals surface area contributed by atoms with E-state index in [1.54, 1.807) is 51.7 Å². The molecule has 0 heterocycles. The first-order valence-corrected chi connectivity index (χ1v) is 19.5. The summed E-state index contributed by atoms with van der Waals surface area (Å²) in [6.07, 6.45) is 32.8. The number of methoxy groups -OCH3 is 1. The number of ether oxygens (including phenoxy) is 1. The van der Waals surface area contributed by atoms with Crippen molar-refractivity contribution in [1.82, 2.24) is 16.0 Å². The van der Waals surface area contributed by atoms with Crippen LogP contribution in [0.4, 0.5) is 0 Å². The average Bonchev–Trinajstić information content (AvgIpc) is 3.01. The third kappa shape index (κ3) is 27.4. The van der Waals surface area contributed by atoms with E-state index in [1.165, 1.54) is 0 Å². The van der Waals surface area contributed by atoms with E-state index in [9.17, 15) is 9.59 Å². The third-order valence-corrected chi connectivity index (χ3v) is 9.23. The quantitative estimate of drug-likeness (QED) is 0.0303. The zero-order valence-corrected chi connectivity index (χ0v) is 32.2. The number of hydrogen-bond donors (Lipinski definition) is 3. The second kappa shape index (κ2) is 31.8. The van der Waals surface area contributed by atoms with Gasteiger partial charge in [0.2, 0.25) is 5.91 Å². The number of carbonyl (C=O) groups excluding carboxylic acids is 2. The largest absolute Gasteiger partial charge is 0.388 e. The van der Waals surface area contributed by atoms with Crippen LogP contribution in [0.5, 0.6) is 0 Å². The summed E-state index contributed by atoms with van der Waals surface area (Å²) in [7, 11) is 5.09. The Balaban J connectivity index is 3.72. The number of halogens is 1. The van der Waals surface area contributed by atoms with Gasteiger partial charge in [0.05, 0.1) is 6.61 Å². The summed E-state index contributed by atoms with van der Waals surface area (Å²) in [6, 6.07) is 0. The van der Waals surface area contributed by atoms with E-state index in [1.807, 2.05) is 13.8 Å². The lowest BCUT2D eigenvalue weighted by Crippen LogP contribution is -2.46. The Kier molecular flexibility index (Phi) is 30.7. The number of rotatable bonds is 29. The molecule has 0 saturated carbocycles. The maximum Gasteiger partial charge on any atom is 0.250 e. The predicted octanol–water partition coefficient (Wildman–Crippen LogP) is 8.59. The van der Waals surface area contributed by atoms with Crippen molar-refractivity contribution in [1.29, 1.82) is 0 Å². The van der Waals surface area contributed by atoms with Crippen LogP contribution in [-0.4, -0.2) is 62.8 Å². The second-order valence-electron chi connectivity index (χ2n) is 11.1. The fourth-order valence-electron chi connectivity index (χ4n) is 3.88. The number of allylic oxidation sites excluding steroid dienone is 12. The molecule has 0 aliphatic carbocycles. The summed E-state index contributed by atoms with van der Waals surface area (Å²) in [5, 5.41) is 9.05. The van der Waals surface area contributed by atoms with Crippen molar-refractivity contribution >= 4 is 56.4 Å². The van der Waals surface area contributed by atoms with Gasteiger partial charge in [0.1, 0.15) is 23.0 Å². The highest BCUT2D eigenvalue weighted by Gasteiger charge is 2.36. The maximum absolute atomic E-state index is 12.4. The van der Waals surface area contributed by atoms with Crippen LogP contribution in [-0.2, 0) is 17.4 Å². The molecule has 0 aliphatic heterocycles. The molecule has 0 radical (unpaired) electrons. The SMILES string of the molecule is C=C(C/C=C\C/C=C\C/C=C\C/C=C\C/C=C\C/C=C\CC)NCCSSCCNC(=O)CCNC(=O)[C@H](OI)C(C)(C)COC. The van der Waals surface area contributed by atoms with Crippen molar-refractivity contribution in [2.45, 2.75) is 78.2 Å². The Morgan fingerprint density at radius 3 is 1.72 bits per heavy atom.